The summed E-state index contributed by atoms with van der Waals surface area (Å²) < 4.78 is 0. The lowest BCUT2D eigenvalue weighted by atomic mass is 10.1. The minimum absolute atomic E-state index is 0.0379. The molecule has 2 aromatic rings. The van der Waals surface area contributed by atoms with E-state index in [4.69, 9.17) is 0 Å². The maximum absolute atomic E-state index is 11.9. The van der Waals surface area contributed by atoms with Gasteiger partial charge in [-0.1, -0.05) is 24.3 Å². The fourth-order valence-corrected chi connectivity index (χ4v) is 2.12. The number of carbonyl (C=O) groups is 1. The fourth-order valence-electron chi connectivity index (χ4n) is 2.12. The van der Waals surface area contributed by atoms with Gasteiger partial charge in [0.25, 0.3) is 0 Å². The van der Waals surface area contributed by atoms with Crippen molar-refractivity contribution in [2.75, 3.05) is 19.0 Å². The van der Waals surface area contributed by atoms with Crippen molar-refractivity contribution >= 4 is 11.8 Å². The maximum atomic E-state index is 11.9. The van der Waals surface area contributed by atoms with Gasteiger partial charge in [-0.25, -0.2) is 9.78 Å². The van der Waals surface area contributed by atoms with Crippen LogP contribution >= 0.6 is 0 Å². The third kappa shape index (κ3) is 4.96. The number of pyridine rings is 1. The van der Waals surface area contributed by atoms with Crippen LogP contribution in [0.5, 0.6) is 0 Å². The highest BCUT2D eigenvalue weighted by Crippen LogP contribution is 2.10. The van der Waals surface area contributed by atoms with Crippen LogP contribution < -0.4 is 15.5 Å². The van der Waals surface area contributed by atoms with Crippen LogP contribution in [0.15, 0.2) is 42.6 Å². The molecular weight excluding hydrogens is 292 g/mol. The van der Waals surface area contributed by atoms with Gasteiger partial charge in [0.2, 0.25) is 0 Å². The van der Waals surface area contributed by atoms with Crippen LogP contribution in [0.25, 0.3) is 0 Å². The van der Waals surface area contributed by atoms with Crippen molar-refractivity contribution in [3.8, 4) is 0 Å². The van der Waals surface area contributed by atoms with Crippen molar-refractivity contribution in [1.29, 1.82) is 0 Å². The maximum Gasteiger partial charge on any atom is 0.315 e. The second kappa shape index (κ2) is 8.14. The molecule has 1 aromatic heterocycles. The first-order chi connectivity index (χ1) is 11.1. The van der Waals surface area contributed by atoms with Crippen LogP contribution in [0, 0.1) is 0 Å². The molecule has 1 heterocycles. The molecule has 6 nitrogen and oxygen atoms in total. The van der Waals surface area contributed by atoms with Crippen LogP contribution in [-0.2, 0) is 19.7 Å². The van der Waals surface area contributed by atoms with Crippen LogP contribution in [0.3, 0.4) is 0 Å². The second-order valence-corrected chi connectivity index (χ2v) is 5.38. The standard InChI is InChI=1S/C17H22N4O2/c1-21(2)16-9-13(7-8-18-16)10-19-17(23)20-11-14-5-3-4-6-15(14)12-22/h3-9,22H,10-12H2,1-2H3,(H2,19,20,23). The van der Waals surface area contributed by atoms with Crippen LogP contribution in [0.1, 0.15) is 16.7 Å². The van der Waals surface area contributed by atoms with Crippen LogP contribution in [0.4, 0.5) is 10.6 Å². The number of hydrogen-bond donors (Lipinski definition) is 3. The molecule has 0 aliphatic heterocycles. The van der Waals surface area contributed by atoms with Gasteiger partial charge in [-0.05, 0) is 28.8 Å². The summed E-state index contributed by atoms with van der Waals surface area (Å²) in [7, 11) is 3.84. The molecule has 1 aromatic carbocycles. The Balaban J connectivity index is 1.84. The molecule has 2 rings (SSSR count). The number of urea groups is 1. The number of nitrogens with one attached hydrogen (secondary N) is 2. The van der Waals surface area contributed by atoms with Gasteiger partial charge in [0.05, 0.1) is 6.61 Å². The van der Waals surface area contributed by atoms with Crippen LogP contribution in [-0.4, -0.2) is 30.2 Å². The summed E-state index contributed by atoms with van der Waals surface area (Å²) in [6.07, 6.45) is 1.72. The van der Waals surface area contributed by atoms with E-state index in [2.05, 4.69) is 15.6 Å². The molecule has 6 heteroatoms. The Kier molecular flexibility index (Phi) is 5.94. The molecule has 0 aliphatic carbocycles. The van der Waals surface area contributed by atoms with E-state index in [0.29, 0.717) is 13.1 Å². The molecular formula is C17H22N4O2. The monoisotopic (exact) mass is 314 g/mol. The van der Waals surface area contributed by atoms with Gasteiger partial charge >= 0.3 is 6.03 Å². The van der Waals surface area contributed by atoms with E-state index in [1.165, 1.54) is 0 Å². The van der Waals surface area contributed by atoms with Crippen molar-refractivity contribution in [1.82, 2.24) is 15.6 Å². The highest BCUT2D eigenvalue weighted by Gasteiger charge is 2.05. The molecule has 3 N–H and O–H groups in total. The van der Waals surface area contributed by atoms with Gasteiger partial charge < -0.3 is 20.6 Å². The molecule has 0 aliphatic rings. The number of carbonyl (C=O) groups excluding carboxylic acids is 1. The normalized spacial score (nSPS) is 10.2. The number of amides is 2. The number of aliphatic hydroxyl groups excluding tert-OH is 1. The molecule has 23 heavy (non-hydrogen) atoms. The van der Waals surface area contributed by atoms with Gasteiger partial charge in [0, 0.05) is 33.4 Å². The third-order valence-electron chi connectivity index (χ3n) is 3.45. The number of nitrogens with zero attached hydrogens (tertiary/aromatic N) is 2. The minimum Gasteiger partial charge on any atom is -0.392 e. The second-order valence-electron chi connectivity index (χ2n) is 5.38. The fraction of sp³-hybridized carbons (Fsp3) is 0.294. The number of aliphatic hydroxyl groups is 1. The molecule has 0 saturated heterocycles. The average molecular weight is 314 g/mol. The molecule has 0 spiro atoms. The highest BCUT2D eigenvalue weighted by atomic mass is 16.3. The number of rotatable bonds is 6. The zero-order valence-corrected chi connectivity index (χ0v) is 13.4. The predicted octanol–water partition coefficient (Wildman–Crippen LogP) is 1.64. The van der Waals surface area contributed by atoms with Crippen molar-refractivity contribution in [3.63, 3.8) is 0 Å². The quantitative estimate of drug-likeness (QED) is 0.757. The Morgan fingerprint density at radius 1 is 1.13 bits per heavy atom. The lowest BCUT2D eigenvalue weighted by Crippen LogP contribution is -2.34. The van der Waals surface area contributed by atoms with Gasteiger partial charge in [-0.15, -0.1) is 0 Å². The molecule has 122 valence electrons. The van der Waals surface area contributed by atoms with Crippen molar-refractivity contribution < 1.29 is 9.90 Å². The zero-order valence-electron chi connectivity index (χ0n) is 13.4. The van der Waals surface area contributed by atoms with E-state index in [1.54, 1.807) is 6.20 Å². The van der Waals surface area contributed by atoms with E-state index in [-0.39, 0.29) is 12.6 Å². The number of hydrogen-bond acceptors (Lipinski definition) is 4. The summed E-state index contributed by atoms with van der Waals surface area (Å²) >= 11 is 0. The first-order valence-corrected chi connectivity index (χ1v) is 7.41. The zero-order chi connectivity index (χ0) is 16.7. The van der Waals surface area contributed by atoms with Gasteiger partial charge in [0.15, 0.2) is 0 Å². The van der Waals surface area contributed by atoms with E-state index in [0.717, 1.165) is 22.5 Å². The van der Waals surface area contributed by atoms with E-state index in [9.17, 15) is 9.90 Å². The highest BCUT2D eigenvalue weighted by molar-refractivity contribution is 5.73. The van der Waals surface area contributed by atoms with Gasteiger partial charge in [-0.3, -0.25) is 0 Å². The summed E-state index contributed by atoms with van der Waals surface area (Å²) in [5, 5.41) is 14.9. The summed E-state index contributed by atoms with van der Waals surface area (Å²) in [5.74, 6) is 0.849. The van der Waals surface area contributed by atoms with E-state index < -0.39 is 0 Å². The molecule has 0 atom stereocenters. The summed E-state index contributed by atoms with van der Waals surface area (Å²) in [4.78, 5) is 18.0. The lowest BCUT2D eigenvalue weighted by molar-refractivity contribution is 0.239. The minimum atomic E-state index is -0.249. The number of anilines is 1. The lowest BCUT2D eigenvalue weighted by Gasteiger charge is -2.13. The number of benzene rings is 1. The summed E-state index contributed by atoms with van der Waals surface area (Å²) in [6, 6.07) is 11.0. The Hall–Kier alpha value is -2.60. The smallest absolute Gasteiger partial charge is 0.315 e. The first-order valence-electron chi connectivity index (χ1n) is 7.41. The molecule has 0 bridgehead atoms. The van der Waals surface area contributed by atoms with Crippen molar-refractivity contribution in [2.24, 2.45) is 0 Å². The molecule has 0 saturated carbocycles. The molecule has 0 radical (unpaired) electrons. The SMILES string of the molecule is CN(C)c1cc(CNC(=O)NCc2ccccc2CO)ccn1. The average Bonchev–Trinajstić information content (AvgIpc) is 2.58. The summed E-state index contributed by atoms with van der Waals surface area (Å²) in [5.41, 5.74) is 2.70. The molecule has 2 amide bonds. The van der Waals surface area contributed by atoms with E-state index >= 15 is 0 Å². The molecule has 0 unspecified atom stereocenters. The Labute approximate surface area is 136 Å². The third-order valence-corrected chi connectivity index (χ3v) is 3.45. The van der Waals surface area contributed by atoms with Crippen molar-refractivity contribution in [3.05, 3.63) is 59.3 Å². The molecule has 0 fully saturated rings. The Morgan fingerprint density at radius 2 is 1.83 bits per heavy atom. The van der Waals surface area contributed by atoms with Crippen molar-refractivity contribution in [2.45, 2.75) is 19.7 Å². The predicted molar refractivity (Wildman–Crippen MR) is 90.0 cm³/mol. The topological polar surface area (TPSA) is 77.5 Å². The largest absolute Gasteiger partial charge is 0.392 e. The Bertz CT molecular complexity index is 659. The first kappa shape index (κ1) is 16.8. The van der Waals surface area contributed by atoms with Gasteiger partial charge in [0.1, 0.15) is 5.82 Å². The summed E-state index contributed by atoms with van der Waals surface area (Å²) in [6.45, 7) is 0.766. The Morgan fingerprint density at radius 3 is 2.52 bits per heavy atom. The van der Waals surface area contributed by atoms with E-state index in [1.807, 2.05) is 55.4 Å². The number of aromatic nitrogens is 1. The van der Waals surface area contributed by atoms with Gasteiger partial charge in [-0.2, -0.15) is 0 Å². The van der Waals surface area contributed by atoms with Crippen LogP contribution in [0.2, 0.25) is 0 Å².